The number of aliphatic hydroxyl groups is 1. The Balaban J connectivity index is 0.000000309. The Morgan fingerprint density at radius 2 is 1.59 bits per heavy atom. The Morgan fingerprint density at radius 3 is 2.20 bits per heavy atom. The van der Waals surface area contributed by atoms with E-state index in [2.05, 4.69) is 42.2 Å². The fourth-order valence-electron chi connectivity index (χ4n) is 5.99. The molecular formula is C40H47FIrNO3-. The molecule has 5 rings (SSSR count). The van der Waals surface area contributed by atoms with Crippen molar-refractivity contribution in [1.29, 1.82) is 0 Å². The largest absolute Gasteiger partial charge is 0.512 e. The summed E-state index contributed by atoms with van der Waals surface area (Å²) in [5, 5.41) is 13.8. The second-order valence-corrected chi connectivity index (χ2v) is 13.1. The van der Waals surface area contributed by atoms with Crippen molar-refractivity contribution in [2.24, 2.45) is 11.8 Å². The molecule has 46 heavy (non-hydrogen) atoms. The van der Waals surface area contributed by atoms with E-state index in [1.54, 1.807) is 0 Å². The van der Waals surface area contributed by atoms with Crippen LogP contribution in [0.2, 0.25) is 0 Å². The number of carbonyl (C=O) groups excluding carboxylic acids is 1. The van der Waals surface area contributed by atoms with Gasteiger partial charge in [0.25, 0.3) is 0 Å². The molecule has 0 fully saturated rings. The van der Waals surface area contributed by atoms with Gasteiger partial charge < -0.3 is 14.5 Å². The van der Waals surface area contributed by atoms with E-state index in [1.165, 1.54) is 17.7 Å². The van der Waals surface area contributed by atoms with E-state index in [4.69, 9.17) is 4.42 Å². The summed E-state index contributed by atoms with van der Waals surface area (Å²) >= 11 is 0. The first kappa shape index (κ1) is 37.1. The van der Waals surface area contributed by atoms with Gasteiger partial charge in [0.15, 0.2) is 5.78 Å². The van der Waals surface area contributed by atoms with Crippen LogP contribution < -0.4 is 0 Å². The average Bonchev–Trinajstić information content (AvgIpc) is 3.33. The van der Waals surface area contributed by atoms with Gasteiger partial charge in [0.2, 0.25) is 0 Å². The van der Waals surface area contributed by atoms with E-state index in [0.717, 1.165) is 64.0 Å². The number of aryl methyl sites for hydroxylation is 2. The van der Waals surface area contributed by atoms with Crippen molar-refractivity contribution in [2.75, 3.05) is 0 Å². The maximum absolute atomic E-state index is 14.8. The Morgan fingerprint density at radius 1 is 0.935 bits per heavy atom. The maximum atomic E-state index is 14.8. The van der Waals surface area contributed by atoms with E-state index in [9.17, 15) is 14.3 Å². The Kier molecular flexibility index (Phi) is 12.5. The second-order valence-electron chi connectivity index (χ2n) is 13.1. The molecule has 0 unspecified atom stereocenters. The molecule has 3 aromatic carbocycles. The van der Waals surface area contributed by atoms with Gasteiger partial charge in [-0.25, -0.2) is 4.39 Å². The minimum Gasteiger partial charge on any atom is -0.512 e. The number of ketones is 1. The van der Waals surface area contributed by atoms with Gasteiger partial charge in [0, 0.05) is 55.7 Å². The van der Waals surface area contributed by atoms with E-state index in [-0.39, 0.29) is 54.7 Å². The molecule has 1 radical (unpaired) electrons. The van der Waals surface area contributed by atoms with Gasteiger partial charge in [-0.05, 0) is 72.2 Å². The first-order chi connectivity index (χ1) is 21.3. The third-order valence-electron chi connectivity index (χ3n) is 8.77. The van der Waals surface area contributed by atoms with E-state index >= 15 is 0 Å². The summed E-state index contributed by atoms with van der Waals surface area (Å²) in [6.45, 7) is 18.2. The van der Waals surface area contributed by atoms with Crippen molar-refractivity contribution in [2.45, 2.75) is 93.4 Å². The van der Waals surface area contributed by atoms with Crippen molar-refractivity contribution in [3.8, 4) is 11.3 Å². The zero-order valence-electron chi connectivity index (χ0n) is 28.6. The molecule has 5 aromatic rings. The first-order valence-electron chi connectivity index (χ1n) is 16.2. The van der Waals surface area contributed by atoms with Crippen LogP contribution in [-0.4, -0.2) is 15.9 Å². The number of aromatic nitrogens is 1. The molecule has 0 aliphatic rings. The summed E-state index contributed by atoms with van der Waals surface area (Å²) in [6, 6.07) is 17.3. The smallest absolute Gasteiger partial charge is 0.162 e. The number of aliphatic hydroxyl groups excluding tert-OH is 1. The Hall–Kier alpha value is -3.34. The molecule has 0 spiro atoms. The number of hydrogen-bond acceptors (Lipinski definition) is 4. The number of fused-ring (bicyclic) bond motifs is 4. The van der Waals surface area contributed by atoms with Crippen molar-refractivity contribution < 1.29 is 38.8 Å². The van der Waals surface area contributed by atoms with E-state index < -0.39 is 0 Å². The number of nitrogens with zero attached hydrogens (tertiary/aromatic N) is 1. The van der Waals surface area contributed by atoms with Crippen LogP contribution in [0, 0.1) is 37.6 Å². The molecule has 0 aliphatic carbocycles. The molecule has 0 atom stereocenters. The van der Waals surface area contributed by atoms with Crippen molar-refractivity contribution in [1.82, 2.24) is 4.98 Å². The van der Waals surface area contributed by atoms with Crippen LogP contribution in [-0.2, 0) is 30.3 Å². The predicted octanol–water partition coefficient (Wildman–Crippen LogP) is 11.5. The van der Waals surface area contributed by atoms with E-state index in [0.29, 0.717) is 16.7 Å². The van der Waals surface area contributed by atoms with Gasteiger partial charge in [-0.2, -0.15) is 0 Å². The third-order valence-corrected chi connectivity index (χ3v) is 8.77. The van der Waals surface area contributed by atoms with Crippen LogP contribution in [0.3, 0.4) is 0 Å². The van der Waals surface area contributed by atoms with Crippen molar-refractivity contribution in [3.63, 3.8) is 0 Å². The van der Waals surface area contributed by atoms with Gasteiger partial charge >= 0.3 is 0 Å². The summed E-state index contributed by atoms with van der Waals surface area (Å²) in [5.41, 5.74) is 5.47. The van der Waals surface area contributed by atoms with E-state index in [1.807, 2.05) is 73.7 Å². The number of pyridine rings is 1. The Labute approximate surface area is 286 Å². The van der Waals surface area contributed by atoms with Gasteiger partial charge in [-0.1, -0.05) is 90.1 Å². The van der Waals surface area contributed by atoms with Crippen LogP contribution in [0.4, 0.5) is 4.39 Å². The first-order valence-corrected chi connectivity index (χ1v) is 16.2. The number of allylic oxidation sites excluding steroid dienone is 2. The molecule has 6 heteroatoms. The molecule has 0 aliphatic heterocycles. The zero-order valence-corrected chi connectivity index (χ0v) is 31.0. The number of rotatable bonds is 8. The van der Waals surface area contributed by atoms with Crippen LogP contribution in [0.1, 0.15) is 90.8 Å². The third kappa shape index (κ3) is 7.96. The predicted molar refractivity (Wildman–Crippen MR) is 185 cm³/mol. The monoisotopic (exact) mass is 801 g/mol. The molecule has 2 aromatic heterocycles. The standard InChI is InChI=1S/C27H23FNO.C13H24O2.Ir/c1-15-6-7-18-17(10-15)8-9-29-25(18)21-12-16(2)11-20-19-13-22(27(3,4)5)23(28)14-24(19)30-26(20)21;1-5-10(6-2)12(14)9-13(15)11(7-3)8-4;/h6-11,13-14H,1-5H3;9-11,14H,5-8H2,1-4H3;/q-1;;/b;12-9-;. The molecule has 4 nitrogen and oxygen atoms in total. The van der Waals surface area contributed by atoms with Gasteiger partial charge in [-0.15, -0.1) is 17.7 Å². The molecule has 247 valence electrons. The fraction of sp³-hybridized carbons (Fsp3) is 0.400. The summed E-state index contributed by atoms with van der Waals surface area (Å²) < 4.78 is 21.0. The number of furan rings is 1. The summed E-state index contributed by atoms with van der Waals surface area (Å²) in [4.78, 5) is 16.4. The molecule has 1 N–H and O–H groups in total. The summed E-state index contributed by atoms with van der Waals surface area (Å²) in [7, 11) is 0. The normalized spacial score (nSPS) is 12.1. The topological polar surface area (TPSA) is 63.3 Å². The minimum atomic E-state index is -0.296. The minimum absolute atomic E-state index is 0. The molecular weight excluding hydrogens is 754 g/mol. The van der Waals surface area contributed by atoms with Gasteiger partial charge in [-0.3, -0.25) is 4.79 Å². The number of benzene rings is 3. The molecule has 0 saturated carbocycles. The van der Waals surface area contributed by atoms with Crippen molar-refractivity contribution >= 4 is 38.5 Å². The number of carbonyl (C=O) groups is 1. The van der Waals surface area contributed by atoms with Crippen LogP contribution >= 0.6 is 0 Å². The molecule has 0 bridgehead atoms. The number of halogens is 1. The van der Waals surface area contributed by atoms with Crippen LogP contribution in [0.5, 0.6) is 0 Å². The van der Waals surface area contributed by atoms with Gasteiger partial charge in [0.1, 0.15) is 11.4 Å². The molecule has 0 amide bonds. The summed E-state index contributed by atoms with van der Waals surface area (Å²) in [6.07, 6.45) is 6.72. The maximum Gasteiger partial charge on any atom is 0.162 e. The molecule has 2 heterocycles. The SMILES string of the molecule is CCC(CC)C(=O)/C=C(\O)C(CC)CC.Cc1[c-]c(-c2nccc3cc(C)ccc23)c2oc3cc(F)c(C(C)(C)C)cc3c2c1.[Ir]. The van der Waals surface area contributed by atoms with Crippen molar-refractivity contribution in [3.05, 3.63) is 89.1 Å². The Bertz CT molecular complexity index is 1860. The second kappa shape index (κ2) is 15.5. The van der Waals surface area contributed by atoms with Gasteiger partial charge in [0.05, 0.1) is 11.3 Å². The quantitative estimate of drug-likeness (QED) is 0.0964. The van der Waals surface area contributed by atoms with Crippen LogP contribution in [0.15, 0.2) is 64.9 Å². The summed E-state index contributed by atoms with van der Waals surface area (Å²) in [5.74, 6) is 0.307. The molecule has 0 saturated heterocycles. The zero-order chi connectivity index (χ0) is 33.1. The fourth-order valence-corrected chi connectivity index (χ4v) is 5.99. The van der Waals surface area contributed by atoms with Crippen LogP contribution in [0.25, 0.3) is 44.0 Å². The number of hydrogen-bond donors (Lipinski definition) is 1. The average molecular weight is 801 g/mol.